The highest BCUT2D eigenvalue weighted by Crippen LogP contribution is 2.29. The number of hydrogen-bond acceptors (Lipinski definition) is 9. The van der Waals surface area contributed by atoms with Gasteiger partial charge in [-0.1, -0.05) is 47.6 Å². The van der Waals surface area contributed by atoms with Crippen LogP contribution in [0, 0.1) is 0 Å². The normalized spacial score (nSPS) is 16.0. The number of carboxylic acids is 2. The number of oxime groups is 1. The van der Waals surface area contributed by atoms with Crippen LogP contribution in [0.3, 0.4) is 0 Å². The Balaban J connectivity index is 1.31. The first-order valence-corrected chi connectivity index (χ1v) is 13.2. The van der Waals surface area contributed by atoms with Crippen molar-refractivity contribution in [2.24, 2.45) is 10.9 Å². The second kappa shape index (κ2) is 14.0. The van der Waals surface area contributed by atoms with E-state index in [1.54, 1.807) is 24.3 Å². The molecule has 224 valence electrons. The number of benzene rings is 3. The largest absolute Gasteiger partial charge is 0.494 e. The van der Waals surface area contributed by atoms with Crippen LogP contribution in [0.25, 0.3) is 0 Å². The van der Waals surface area contributed by atoms with Gasteiger partial charge in [0.05, 0.1) is 13.2 Å². The molecule has 13 nitrogen and oxygen atoms in total. The van der Waals surface area contributed by atoms with Gasteiger partial charge in [-0.25, -0.2) is 4.79 Å². The van der Waals surface area contributed by atoms with E-state index in [1.807, 2.05) is 30.3 Å². The number of β-lactam (4-membered cyclic amide) rings is 1. The van der Waals surface area contributed by atoms with E-state index in [9.17, 15) is 29.5 Å². The molecule has 13 heteroatoms. The second-order valence-electron chi connectivity index (χ2n) is 9.66. The molecule has 0 aliphatic carbocycles. The monoisotopic (exact) mass is 590 g/mol. The van der Waals surface area contributed by atoms with E-state index in [-0.39, 0.29) is 30.8 Å². The first-order valence-electron chi connectivity index (χ1n) is 13.2. The maximum absolute atomic E-state index is 12.9. The minimum Gasteiger partial charge on any atom is -0.494 e. The first kappa shape index (κ1) is 30.5. The molecule has 1 aliphatic rings. The number of carboxylic acid groups (broad SMARTS) is 2. The SMILES string of the molecule is NC(CCOc1ccc(C(=NO)C(=O)NC2CN(C(C(=O)O)c3ccc(OCc4ccccc4)cc3)C2=O)cc1)C(=O)O. The van der Waals surface area contributed by atoms with Gasteiger partial charge >= 0.3 is 11.9 Å². The molecule has 0 spiro atoms. The van der Waals surface area contributed by atoms with Crippen LogP contribution in [0.4, 0.5) is 0 Å². The summed E-state index contributed by atoms with van der Waals surface area (Å²) in [5.74, 6) is -2.91. The zero-order valence-corrected chi connectivity index (χ0v) is 22.8. The Kier molecular flexibility index (Phi) is 9.91. The molecule has 0 saturated carbocycles. The number of aliphatic carboxylic acids is 2. The first-order chi connectivity index (χ1) is 20.7. The number of amides is 2. The fourth-order valence-electron chi connectivity index (χ4n) is 4.33. The predicted octanol–water partition coefficient (Wildman–Crippen LogP) is 1.78. The van der Waals surface area contributed by atoms with Gasteiger partial charge in [-0.2, -0.15) is 0 Å². The summed E-state index contributed by atoms with van der Waals surface area (Å²) < 4.78 is 11.2. The van der Waals surface area contributed by atoms with Crippen molar-refractivity contribution in [3.63, 3.8) is 0 Å². The van der Waals surface area contributed by atoms with Crippen molar-refractivity contribution in [3.05, 3.63) is 95.6 Å². The average Bonchev–Trinajstić information content (AvgIpc) is 3.01. The van der Waals surface area contributed by atoms with Crippen molar-refractivity contribution in [2.45, 2.75) is 31.2 Å². The third-order valence-electron chi connectivity index (χ3n) is 6.71. The van der Waals surface area contributed by atoms with Crippen molar-refractivity contribution in [3.8, 4) is 11.5 Å². The summed E-state index contributed by atoms with van der Waals surface area (Å²) in [5, 5.41) is 33.7. The van der Waals surface area contributed by atoms with Crippen molar-refractivity contribution in [1.29, 1.82) is 0 Å². The van der Waals surface area contributed by atoms with Crippen LogP contribution in [0.5, 0.6) is 11.5 Å². The molecular formula is C30H30N4O9. The molecule has 3 aromatic rings. The third kappa shape index (κ3) is 7.65. The van der Waals surface area contributed by atoms with Gasteiger partial charge < -0.3 is 40.8 Å². The van der Waals surface area contributed by atoms with E-state index in [1.165, 1.54) is 24.3 Å². The van der Waals surface area contributed by atoms with Crippen LogP contribution < -0.4 is 20.5 Å². The molecule has 1 heterocycles. The van der Waals surface area contributed by atoms with Gasteiger partial charge in [0.15, 0.2) is 11.8 Å². The highest BCUT2D eigenvalue weighted by molar-refractivity contribution is 6.45. The van der Waals surface area contributed by atoms with Crippen LogP contribution in [0.2, 0.25) is 0 Å². The summed E-state index contributed by atoms with van der Waals surface area (Å²) in [6.07, 6.45) is 0.0898. The van der Waals surface area contributed by atoms with E-state index < -0.39 is 41.9 Å². The van der Waals surface area contributed by atoms with Gasteiger partial charge in [-0.15, -0.1) is 0 Å². The number of carbonyl (C=O) groups is 4. The highest BCUT2D eigenvalue weighted by Gasteiger charge is 2.45. The van der Waals surface area contributed by atoms with Crippen LogP contribution in [0.15, 0.2) is 84.0 Å². The van der Waals surface area contributed by atoms with E-state index >= 15 is 0 Å². The van der Waals surface area contributed by atoms with Gasteiger partial charge in [-0.3, -0.25) is 14.4 Å². The van der Waals surface area contributed by atoms with Crippen LogP contribution in [-0.2, 0) is 25.8 Å². The van der Waals surface area contributed by atoms with Gasteiger partial charge in [0.25, 0.3) is 5.91 Å². The van der Waals surface area contributed by atoms with Gasteiger partial charge in [0.1, 0.15) is 30.2 Å². The molecule has 6 N–H and O–H groups in total. The molecule has 0 bridgehead atoms. The Morgan fingerprint density at radius 2 is 1.56 bits per heavy atom. The minimum absolute atomic E-state index is 0.0536. The molecule has 0 aromatic heterocycles. The van der Waals surface area contributed by atoms with Crippen molar-refractivity contribution >= 4 is 29.5 Å². The second-order valence-corrected chi connectivity index (χ2v) is 9.66. The maximum Gasteiger partial charge on any atom is 0.331 e. The summed E-state index contributed by atoms with van der Waals surface area (Å²) in [4.78, 5) is 49.7. The van der Waals surface area contributed by atoms with E-state index in [0.29, 0.717) is 23.7 Å². The Labute approximate surface area is 246 Å². The topological polar surface area (TPSA) is 201 Å². The van der Waals surface area contributed by atoms with Crippen molar-refractivity contribution in [1.82, 2.24) is 10.2 Å². The number of nitrogens with one attached hydrogen (secondary N) is 1. The molecule has 1 aliphatic heterocycles. The molecule has 2 amide bonds. The summed E-state index contributed by atoms with van der Waals surface area (Å²) >= 11 is 0. The zero-order chi connectivity index (χ0) is 30.9. The maximum atomic E-state index is 12.9. The van der Waals surface area contributed by atoms with Crippen LogP contribution >= 0.6 is 0 Å². The van der Waals surface area contributed by atoms with Crippen LogP contribution in [-0.4, -0.2) is 75.0 Å². The van der Waals surface area contributed by atoms with Crippen molar-refractivity contribution < 1.29 is 44.1 Å². The average molecular weight is 591 g/mol. The lowest BCUT2D eigenvalue weighted by Crippen LogP contribution is -2.66. The lowest BCUT2D eigenvalue weighted by atomic mass is 9.97. The molecular weight excluding hydrogens is 560 g/mol. The quantitative estimate of drug-likeness (QED) is 0.0797. The lowest BCUT2D eigenvalue weighted by Gasteiger charge is -2.42. The van der Waals surface area contributed by atoms with E-state index in [0.717, 1.165) is 10.5 Å². The lowest BCUT2D eigenvalue weighted by molar-refractivity contribution is -0.160. The van der Waals surface area contributed by atoms with Crippen LogP contribution in [0.1, 0.15) is 29.2 Å². The molecule has 1 saturated heterocycles. The predicted molar refractivity (Wildman–Crippen MR) is 152 cm³/mol. The Hall–Kier alpha value is -5.43. The molecule has 1 fully saturated rings. The number of hydrogen-bond donors (Lipinski definition) is 5. The molecule has 3 unspecified atom stereocenters. The van der Waals surface area contributed by atoms with Crippen molar-refractivity contribution in [2.75, 3.05) is 13.2 Å². The number of likely N-dealkylation sites (tertiary alicyclic amines) is 1. The third-order valence-corrected chi connectivity index (χ3v) is 6.71. The smallest absolute Gasteiger partial charge is 0.331 e. The Morgan fingerprint density at radius 1 is 0.930 bits per heavy atom. The number of rotatable bonds is 14. The minimum atomic E-state index is -1.27. The standard InChI is InChI=1S/C30H30N4O9/c31-23(29(37)38)14-15-42-21-10-6-19(7-11-21)25(33-41)27(35)32-24-16-34(28(24)36)26(30(39)40)20-8-12-22(13-9-20)43-17-18-4-2-1-3-5-18/h1-13,23-24,26,41H,14-17,31H2,(H,32,35)(H,37,38)(H,39,40). The van der Waals surface area contributed by atoms with Gasteiger partial charge in [0, 0.05) is 12.0 Å². The fraction of sp³-hybridized carbons (Fsp3) is 0.233. The van der Waals surface area contributed by atoms with Gasteiger partial charge in [-0.05, 0) is 47.5 Å². The summed E-state index contributed by atoms with van der Waals surface area (Å²) in [6.45, 7) is 0.325. The highest BCUT2D eigenvalue weighted by atomic mass is 16.5. The summed E-state index contributed by atoms with van der Waals surface area (Å²) in [6, 6.07) is 18.5. The zero-order valence-electron chi connectivity index (χ0n) is 22.8. The van der Waals surface area contributed by atoms with Gasteiger partial charge in [0.2, 0.25) is 5.91 Å². The number of carbonyl (C=O) groups excluding carboxylic acids is 2. The van der Waals surface area contributed by atoms with E-state index in [2.05, 4.69) is 10.5 Å². The molecule has 0 radical (unpaired) electrons. The number of nitrogens with zero attached hydrogens (tertiary/aromatic N) is 2. The Bertz CT molecular complexity index is 1480. The molecule has 43 heavy (non-hydrogen) atoms. The van der Waals surface area contributed by atoms with E-state index in [4.69, 9.17) is 20.3 Å². The fourth-order valence-corrected chi connectivity index (χ4v) is 4.33. The number of ether oxygens (including phenoxy) is 2. The molecule has 4 rings (SSSR count). The summed E-state index contributed by atoms with van der Waals surface area (Å²) in [7, 11) is 0. The Morgan fingerprint density at radius 3 is 2.14 bits per heavy atom. The summed E-state index contributed by atoms with van der Waals surface area (Å²) in [5.41, 5.74) is 6.63. The molecule has 3 atom stereocenters. The molecule has 3 aromatic carbocycles. The number of nitrogens with two attached hydrogens (primary N) is 1.